The zero-order chi connectivity index (χ0) is 11.8. The van der Waals surface area contributed by atoms with E-state index < -0.39 is 0 Å². The summed E-state index contributed by atoms with van der Waals surface area (Å²) >= 11 is 0. The maximum Gasteiger partial charge on any atom is 0.240 e. The molecule has 16 heavy (non-hydrogen) atoms. The third-order valence-electron chi connectivity index (χ3n) is 2.05. The molecule has 1 heterocycles. The van der Waals surface area contributed by atoms with Crippen molar-refractivity contribution in [1.29, 1.82) is 0 Å². The van der Waals surface area contributed by atoms with Crippen LogP contribution in [0.25, 0.3) is 0 Å². The van der Waals surface area contributed by atoms with Crippen LogP contribution >= 0.6 is 0 Å². The average molecular weight is 228 g/mol. The molecule has 6 nitrogen and oxygen atoms in total. The number of methoxy groups -OCH3 is 1. The molecule has 92 valence electrons. The van der Waals surface area contributed by atoms with Crippen LogP contribution in [0, 0.1) is 0 Å². The van der Waals surface area contributed by atoms with Gasteiger partial charge in [0.15, 0.2) is 5.82 Å². The van der Waals surface area contributed by atoms with Crippen LogP contribution in [0.3, 0.4) is 0 Å². The first-order chi connectivity index (χ1) is 7.72. The molecule has 1 N–H and O–H groups in total. The number of hydrogen-bond acceptors (Lipinski definition) is 6. The minimum absolute atomic E-state index is 0.596. The molecule has 0 atom stereocenters. The molecule has 0 aliphatic rings. The summed E-state index contributed by atoms with van der Waals surface area (Å²) in [7, 11) is 5.72. The topological polar surface area (TPSA) is 63.4 Å². The van der Waals surface area contributed by atoms with Crippen molar-refractivity contribution in [2.24, 2.45) is 0 Å². The Bertz CT molecular complexity index is 288. The summed E-state index contributed by atoms with van der Waals surface area (Å²) in [4.78, 5) is 6.36. The van der Waals surface area contributed by atoms with Crippen LogP contribution in [-0.4, -0.2) is 55.9 Å². The smallest absolute Gasteiger partial charge is 0.240 e. The Morgan fingerprint density at radius 3 is 2.94 bits per heavy atom. The molecular weight excluding hydrogens is 208 g/mol. The molecule has 0 amide bonds. The maximum absolute atomic E-state index is 5.09. The zero-order valence-corrected chi connectivity index (χ0v) is 10.2. The number of ether oxygens (including phenoxy) is 1. The Hall–Kier alpha value is -0.980. The predicted octanol–water partition coefficient (Wildman–Crippen LogP) is -0.0903. The number of likely N-dealkylation sites (N-methyl/N-ethyl adjacent to an activating group) is 1. The summed E-state index contributed by atoms with van der Waals surface area (Å²) in [6.07, 6.45) is 0.814. The summed E-state index contributed by atoms with van der Waals surface area (Å²) in [6.45, 7) is 2.99. The molecule has 1 aromatic heterocycles. The maximum atomic E-state index is 5.09. The second kappa shape index (κ2) is 7.32. The molecule has 0 radical (unpaired) electrons. The highest BCUT2D eigenvalue weighted by molar-refractivity contribution is 4.86. The Morgan fingerprint density at radius 2 is 2.25 bits per heavy atom. The fraction of sp³-hybridized carbons (Fsp3) is 0.800. The highest BCUT2D eigenvalue weighted by Gasteiger charge is 2.05. The van der Waals surface area contributed by atoms with Crippen molar-refractivity contribution in [3.8, 4) is 0 Å². The molecular formula is C10H20N4O2. The van der Waals surface area contributed by atoms with Gasteiger partial charge in [-0.2, -0.15) is 4.98 Å². The van der Waals surface area contributed by atoms with Gasteiger partial charge in [0.05, 0.1) is 13.2 Å². The number of aromatic nitrogens is 2. The third-order valence-corrected chi connectivity index (χ3v) is 2.05. The molecule has 0 aliphatic heterocycles. The summed E-state index contributed by atoms with van der Waals surface area (Å²) in [5.41, 5.74) is 0. The van der Waals surface area contributed by atoms with Crippen molar-refractivity contribution in [2.75, 3.05) is 40.9 Å². The first-order valence-electron chi connectivity index (χ1n) is 5.38. The van der Waals surface area contributed by atoms with E-state index in [-0.39, 0.29) is 0 Å². The van der Waals surface area contributed by atoms with Gasteiger partial charge in [-0.05, 0) is 14.1 Å². The second-order valence-electron chi connectivity index (χ2n) is 3.83. The van der Waals surface area contributed by atoms with Crippen molar-refractivity contribution in [2.45, 2.75) is 13.0 Å². The molecule has 1 rings (SSSR count). The predicted molar refractivity (Wildman–Crippen MR) is 60.1 cm³/mol. The van der Waals surface area contributed by atoms with E-state index in [2.05, 4.69) is 20.4 Å². The lowest BCUT2D eigenvalue weighted by Gasteiger charge is -2.05. The summed E-state index contributed by atoms with van der Waals surface area (Å²) in [5.74, 6) is 1.39. The molecule has 0 saturated heterocycles. The number of rotatable bonds is 8. The van der Waals surface area contributed by atoms with Crippen molar-refractivity contribution < 1.29 is 9.26 Å². The normalized spacial score (nSPS) is 11.2. The number of nitrogens with zero attached hydrogens (tertiary/aromatic N) is 3. The highest BCUT2D eigenvalue weighted by atomic mass is 16.5. The van der Waals surface area contributed by atoms with Crippen molar-refractivity contribution >= 4 is 0 Å². The first-order valence-corrected chi connectivity index (χ1v) is 5.38. The Morgan fingerprint density at radius 1 is 1.44 bits per heavy atom. The molecule has 0 aromatic carbocycles. The number of hydrogen-bond donors (Lipinski definition) is 1. The molecule has 6 heteroatoms. The lowest BCUT2D eigenvalue weighted by atomic mass is 10.4. The van der Waals surface area contributed by atoms with Crippen molar-refractivity contribution in [1.82, 2.24) is 20.4 Å². The van der Waals surface area contributed by atoms with Crippen molar-refractivity contribution in [3.63, 3.8) is 0 Å². The van der Waals surface area contributed by atoms with Gasteiger partial charge in [0, 0.05) is 26.6 Å². The molecule has 0 bridgehead atoms. The van der Waals surface area contributed by atoms with Gasteiger partial charge < -0.3 is 19.5 Å². The van der Waals surface area contributed by atoms with E-state index in [1.54, 1.807) is 7.11 Å². The summed E-state index contributed by atoms with van der Waals surface area (Å²) < 4.78 is 10.0. The minimum atomic E-state index is 0.596. The molecule has 0 fully saturated rings. The van der Waals surface area contributed by atoms with Crippen molar-refractivity contribution in [3.05, 3.63) is 11.7 Å². The molecule has 0 unspecified atom stereocenters. The van der Waals surface area contributed by atoms with Gasteiger partial charge in [-0.1, -0.05) is 5.16 Å². The Balaban J connectivity index is 2.22. The fourth-order valence-corrected chi connectivity index (χ4v) is 1.16. The standard InChI is InChI=1S/C10H20N4O2/c1-14(2)6-4-9-12-10(16-13-9)8-11-5-7-15-3/h11H,4-8H2,1-3H3. The Labute approximate surface area is 96.0 Å². The fourth-order valence-electron chi connectivity index (χ4n) is 1.16. The molecule has 0 aliphatic carbocycles. The first kappa shape index (κ1) is 13.1. The van der Waals surface area contributed by atoms with E-state index in [0.29, 0.717) is 19.0 Å². The minimum Gasteiger partial charge on any atom is -0.383 e. The van der Waals surface area contributed by atoms with Crippen LogP contribution in [0.15, 0.2) is 4.52 Å². The SMILES string of the molecule is COCCNCc1nc(CCN(C)C)no1. The quantitative estimate of drug-likeness (QED) is 0.627. The van der Waals surface area contributed by atoms with Crippen LogP contribution in [0.4, 0.5) is 0 Å². The van der Waals surface area contributed by atoms with Crippen LogP contribution in [0.1, 0.15) is 11.7 Å². The van der Waals surface area contributed by atoms with E-state index in [1.807, 2.05) is 14.1 Å². The van der Waals surface area contributed by atoms with Gasteiger partial charge in [0.1, 0.15) is 0 Å². The van der Waals surface area contributed by atoms with Crippen LogP contribution in [-0.2, 0) is 17.7 Å². The van der Waals surface area contributed by atoms with E-state index in [4.69, 9.17) is 9.26 Å². The largest absolute Gasteiger partial charge is 0.383 e. The summed E-state index contributed by atoms with van der Waals surface area (Å²) in [6, 6.07) is 0. The lowest BCUT2D eigenvalue weighted by molar-refractivity contribution is 0.197. The van der Waals surface area contributed by atoms with Crippen LogP contribution in [0.2, 0.25) is 0 Å². The van der Waals surface area contributed by atoms with Crippen LogP contribution < -0.4 is 5.32 Å². The van der Waals surface area contributed by atoms with E-state index in [9.17, 15) is 0 Å². The van der Waals surface area contributed by atoms with Gasteiger partial charge in [-0.25, -0.2) is 0 Å². The van der Waals surface area contributed by atoms with Gasteiger partial charge in [0.2, 0.25) is 5.89 Å². The van der Waals surface area contributed by atoms with E-state index in [1.165, 1.54) is 0 Å². The van der Waals surface area contributed by atoms with Gasteiger partial charge in [0.25, 0.3) is 0 Å². The van der Waals surface area contributed by atoms with E-state index >= 15 is 0 Å². The molecule has 0 spiro atoms. The monoisotopic (exact) mass is 228 g/mol. The van der Waals surface area contributed by atoms with Crippen LogP contribution in [0.5, 0.6) is 0 Å². The lowest BCUT2D eigenvalue weighted by Crippen LogP contribution is -2.19. The third kappa shape index (κ3) is 5.20. The number of nitrogens with one attached hydrogen (secondary N) is 1. The van der Waals surface area contributed by atoms with Gasteiger partial charge >= 0.3 is 0 Å². The average Bonchev–Trinajstić information content (AvgIpc) is 2.70. The molecule has 1 aromatic rings. The van der Waals surface area contributed by atoms with E-state index in [0.717, 1.165) is 25.3 Å². The second-order valence-corrected chi connectivity index (χ2v) is 3.83. The summed E-state index contributed by atoms with van der Waals surface area (Å²) in [5, 5.41) is 7.05. The Kier molecular flexibility index (Phi) is 5.99. The zero-order valence-electron chi connectivity index (χ0n) is 10.2. The van der Waals surface area contributed by atoms with Gasteiger partial charge in [-0.15, -0.1) is 0 Å². The molecule has 0 saturated carbocycles. The van der Waals surface area contributed by atoms with Gasteiger partial charge in [-0.3, -0.25) is 0 Å². The highest BCUT2D eigenvalue weighted by Crippen LogP contribution is 1.98.